The molecule has 0 aromatic carbocycles. The Morgan fingerprint density at radius 2 is 2.18 bits per heavy atom. The SMILES string of the molecule is C[C@@H]1CCc2ncccc2[C@H]2COC(=O)N2c2ccn3ncc(c3n2)C(=O)N1. The van der Waals surface area contributed by atoms with Crippen molar-refractivity contribution in [2.24, 2.45) is 0 Å². The second kappa shape index (κ2) is 6.29. The molecule has 9 heteroatoms. The molecule has 1 fully saturated rings. The molecule has 0 aliphatic carbocycles. The standard InChI is InChI=1S/C19H18N6O3/c1-11-4-5-14-12(3-2-7-20-14)15-10-28-19(27)25(15)16-6-8-24-17(23-16)13(9-21-24)18(26)22-11/h2-3,6-9,11,15H,4-5,10H2,1H3,(H,22,26)/t11-,15-/m1/s1. The summed E-state index contributed by atoms with van der Waals surface area (Å²) >= 11 is 0. The van der Waals surface area contributed by atoms with Crippen LogP contribution in [0.5, 0.6) is 0 Å². The molecule has 2 aliphatic rings. The Labute approximate surface area is 160 Å². The maximum absolute atomic E-state index is 12.7. The van der Waals surface area contributed by atoms with E-state index in [-0.39, 0.29) is 24.6 Å². The zero-order valence-corrected chi connectivity index (χ0v) is 15.2. The summed E-state index contributed by atoms with van der Waals surface area (Å²) in [7, 11) is 0. The molecule has 3 aromatic heterocycles. The Hall–Kier alpha value is -3.49. The number of rotatable bonds is 0. The first-order valence-corrected chi connectivity index (χ1v) is 9.17. The van der Waals surface area contributed by atoms with Crippen LogP contribution in [0.4, 0.5) is 10.6 Å². The summed E-state index contributed by atoms with van der Waals surface area (Å²) in [4.78, 5) is 35.9. The molecule has 0 saturated carbocycles. The lowest BCUT2D eigenvalue weighted by molar-refractivity contribution is 0.0940. The fourth-order valence-corrected chi connectivity index (χ4v) is 3.75. The van der Waals surface area contributed by atoms with Crippen molar-refractivity contribution in [2.75, 3.05) is 11.5 Å². The molecule has 9 nitrogen and oxygen atoms in total. The van der Waals surface area contributed by atoms with Gasteiger partial charge in [0, 0.05) is 29.7 Å². The predicted molar refractivity (Wildman–Crippen MR) is 99.0 cm³/mol. The zero-order chi connectivity index (χ0) is 19.3. The van der Waals surface area contributed by atoms with Crippen molar-refractivity contribution in [3.8, 4) is 0 Å². The number of cyclic esters (lactones) is 1. The van der Waals surface area contributed by atoms with E-state index in [4.69, 9.17) is 4.74 Å². The minimum atomic E-state index is -0.467. The number of aromatic nitrogens is 4. The van der Waals surface area contributed by atoms with Crippen LogP contribution in [0.1, 0.15) is 41.0 Å². The van der Waals surface area contributed by atoms with Gasteiger partial charge in [-0.15, -0.1) is 0 Å². The molecule has 5 rings (SSSR count). The van der Waals surface area contributed by atoms with Crippen LogP contribution in [0.3, 0.4) is 0 Å². The number of amides is 2. The number of hydrogen-bond acceptors (Lipinski definition) is 6. The number of nitrogens with one attached hydrogen (secondary N) is 1. The second-order valence-corrected chi connectivity index (χ2v) is 7.03. The molecular weight excluding hydrogens is 360 g/mol. The summed E-state index contributed by atoms with van der Waals surface area (Å²) < 4.78 is 6.87. The smallest absolute Gasteiger partial charge is 0.416 e. The van der Waals surface area contributed by atoms with Crippen molar-refractivity contribution < 1.29 is 14.3 Å². The third-order valence-electron chi connectivity index (χ3n) is 5.19. The number of pyridine rings is 1. The highest BCUT2D eigenvalue weighted by atomic mass is 16.6. The Balaban J connectivity index is 1.71. The van der Waals surface area contributed by atoms with E-state index >= 15 is 0 Å². The lowest BCUT2D eigenvalue weighted by Crippen LogP contribution is -2.33. The number of anilines is 1. The Bertz CT molecular complexity index is 1090. The highest BCUT2D eigenvalue weighted by Gasteiger charge is 2.38. The summed E-state index contributed by atoms with van der Waals surface area (Å²) in [5.74, 6) is 0.171. The fraction of sp³-hybridized carbons (Fsp3) is 0.316. The largest absolute Gasteiger partial charge is 0.447 e. The van der Waals surface area contributed by atoms with E-state index < -0.39 is 6.09 Å². The molecule has 1 saturated heterocycles. The molecule has 2 amide bonds. The van der Waals surface area contributed by atoms with Crippen LogP contribution >= 0.6 is 0 Å². The molecule has 2 aliphatic heterocycles. The van der Waals surface area contributed by atoms with E-state index in [9.17, 15) is 9.59 Å². The first-order valence-electron chi connectivity index (χ1n) is 9.17. The summed E-state index contributed by atoms with van der Waals surface area (Å²) in [6.45, 7) is 2.18. The predicted octanol–water partition coefficient (Wildman–Crippen LogP) is 1.89. The topological polar surface area (TPSA) is 102 Å². The lowest BCUT2D eigenvalue weighted by atomic mass is 10.0. The molecule has 1 N–H and O–H groups in total. The van der Waals surface area contributed by atoms with E-state index in [2.05, 4.69) is 20.4 Å². The van der Waals surface area contributed by atoms with Crippen LogP contribution in [-0.4, -0.2) is 44.2 Å². The van der Waals surface area contributed by atoms with Gasteiger partial charge in [-0.05, 0) is 31.9 Å². The zero-order valence-electron chi connectivity index (χ0n) is 15.2. The van der Waals surface area contributed by atoms with Crippen molar-refractivity contribution >= 4 is 23.5 Å². The molecule has 5 heterocycles. The van der Waals surface area contributed by atoms with Gasteiger partial charge in [-0.25, -0.2) is 14.3 Å². The molecule has 28 heavy (non-hydrogen) atoms. The van der Waals surface area contributed by atoms with Gasteiger partial charge in [0.15, 0.2) is 5.65 Å². The molecule has 2 bridgehead atoms. The van der Waals surface area contributed by atoms with Gasteiger partial charge in [0.2, 0.25) is 0 Å². The van der Waals surface area contributed by atoms with Crippen LogP contribution in [0.25, 0.3) is 5.65 Å². The van der Waals surface area contributed by atoms with Crippen LogP contribution < -0.4 is 10.2 Å². The van der Waals surface area contributed by atoms with E-state index in [1.54, 1.807) is 18.5 Å². The molecular formula is C19H18N6O3. The number of ether oxygens (including phenoxy) is 1. The normalized spacial score (nSPS) is 22.0. The lowest BCUT2D eigenvalue weighted by Gasteiger charge is -2.22. The Kier molecular flexibility index (Phi) is 3.75. The minimum Gasteiger partial charge on any atom is -0.447 e. The fourth-order valence-electron chi connectivity index (χ4n) is 3.75. The van der Waals surface area contributed by atoms with Gasteiger partial charge in [0.1, 0.15) is 24.0 Å². The third kappa shape index (κ3) is 2.58. The quantitative estimate of drug-likeness (QED) is 0.641. The third-order valence-corrected chi connectivity index (χ3v) is 5.19. The summed E-state index contributed by atoms with van der Waals surface area (Å²) in [6, 6.07) is 5.14. The summed E-state index contributed by atoms with van der Waals surface area (Å²) in [5.41, 5.74) is 2.58. The van der Waals surface area contributed by atoms with Gasteiger partial charge >= 0.3 is 6.09 Å². The van der Waals surface area contributed by atoms with Gasteiger partial charge in [-0.3, -0.25) is 14.7 Å². The molecule has 142 valence electrons. The second-order valence-electron chi connectivity index (χ2n) is 7.03. The monoisotopic (exact) mass is 378 g/mol. The number of nitrogens with zero attached hydrogens (tertiary/aromatic N) is 5. The highest BCUT2D eigenvalue weighted by Crippen LogP contribution is 2.34. The molecule has 0 radical (unpaired) electrons. The number of fused-ring (bicyclic) bond motifs is 5. The maximum Gasteiger partial charge on any atom is 0.416 e. The van der Waals surface area contributed by atoms with E-state index in [1.807, 2.05) is 19.1 Å². The van der Waals surface area contributed by atoms with Crippen molar-refractivity contribution in [3.05, 3.63) is 53.6 Å². The molecule has 0 unspecified atom stereocenters. The average Bonchev–Trinajstić information content (AvgIpc) is 3.29. The number of carbonyl (C=O) groups is 2. The van der Waals surface area contributed by atoms with Gasteiger partial charge in [0.05, 0.1) is 6.20 Å². The maximum atomic E-state index is 12.7. The first kappa shape index (κ1) is 16.7. The van der Waals surface area contributed by atoms with Gasteiger partial charge < -0.3 is 10.1 Å². The van der Waals surface area contributed by atoms with Gasteiger partial charge in [-0.2, -0.15) is 5.10 Å². The van der Waals surface area contributed by atoms with E-state index in [1.165, 1.54) is 15.6 Å². The van der Waals surface area contributed by atoms with Gasteiger partial charge in [0.25, 0.3) is 5.91 Å². The Morgan fingerprint density at radius 1 is 1.29 bits per heavy atom. The van der Waals surface area contributed by atoms with Crippen LogP contribution in [0.2, 0.25) is 0 Å². The van der Waals surface area contributed by atoms with Crippen LogP contribution in [0.15, 0.2) is 36.8 Å². The minimum absolute atomic E-state index is 0.0567. The average molecular weight is 378 g/mol. The van der Waals surface area contributed by atoms with Crippen LogP contribution in [-0.2, 0) is 11.2 Å². The Morgan fingerprint density at radius 3 is 3.07 bits per heavy atom. The van der Waals surface area contributed by atoms with Crippen LogP contribution in [0, 0.1) is 0 Å². The molecule has 3 aromatic rings. The van der Waals surface area contributed by atoms with Gasteiger partial charge in [-0.1, -0.05) is 6.07 Å². The van der Waals surface area contributed by atoms with Crippen molar-refractivity contribution in [1.29, 1.82) is 0 Å². The number of hydrogen-bond donors (Lipinski definition) is 1. The summed E-state index contributed by atoms with van der Waals surface area (Å²) in [5, 5.41) is 7.20. The molecule has 0 spiro atoms. The van der Waals surface area contributed by atoms with Crippen molar-refractivity contribution in [2.45, 2.75) is 31.8 Å². The number of aryl methyl sites for hydroxylation is 1. The molecule has 2 atom stereocenters. The van der Waals surface area contributed by atoms with E-state index in [0.717, 1.165) is 11.3 Å². The van der Waals surface area contributed by atoms with Crippen molar-refractivity contribution in [3.63, 3.8) is 0 Å². The summed E-state index contributed by atoms with van der Waals surface area (Å²) in [6.07, 6.45) is 5.83. The van der Waals surface area contributed by atoms with Crippen molar-refractivity contribution in [1.82, 2.24) is 24.9 Å². The number of carbonyl (C=O) groups excluding carboxylic acids is 2. The highest BCUT2D eigenvalue weighted by molar-refractivity contribution is 6.00. The van der Waals surface area contributed by atoms with E-state index in [0.29, 0.717) is 29.9 Å². The first-order chi connectivity index (χ1) is 13.6.